The summed E-state index contributed by atoms with van der Waals surface area (Å²) in [6, 6.07) is 14.9. The van der Waals surface area contributed by atoms with Crippen LogP contribution in [-0.4, -0.2) is 12.1 Å². The van der Waals surface area contributed by atoms with Crippen LogP contribution in [0.4, 0.5) is 10.1 Å². The van der Waals surface area contributed by atoms with Gasteiger partial charge in [0.05, 0.1) is 12.2 Å². The first kappa shape index (κ1) is 14.9. The molecule has 0 saturated carbocycles. The van der Waals surface area contributed by atoms with Crippen molar-refractivity contribution in [1.29, 1.82) is 0 Å². The molecule has 0 atom stereocenters. The minimum Gasteiger partial charge on any atom is -0.483 e. The van der Waals surface area contributed by atoms with Crippen LogP contribution in [0.25, 0.3) is 0 Å². The Kier molecular flexibility index (Phi) is 4.06. The smallest absolute Gasteiger partial charge is 0.143 e. The Morgan fingerprint density at radius 3 is 2.41 bits per heavy atom. The van der Waals surface area contributed by atoms with E-state index in [4.69, 9.17) is 4.74 Å². The number of rotatable bonds is 4. The molecular weight excluding hydrogens is 277 g/mol. The number of ether oxygens (including phenoxy) is 1. The van der Waals surface area contributed by atoms with Gasteiger partial charge in [-0.1, -0.05) is 38.1 Å². The monoisotopic (exact) mass is 299 g/mol. The van der Waals surface area contributed by atoms with Gasteiger partial charge in [0.2, 0.25) is 0 Å². The van der Waals surface area contributed by atoms with Gasteiger partial charge >= 0.3 is 0 Å². The maximum atomic E-state index is 13.1. The lowest BCUT2D eigenvalue weighted by Gasteiger charge is -2.44. The van der Waals surface area contributed by atoms with Crippen molar-refractivity contribution in [3.05, 3.63) is 59.9 Å². The number of nitrogens with zero attached hydrogens (tertiary/aromatic N) is 1. The Morgan fingerprint density at radius 2 is 1.73 bits per heavy atom. The highest BCUT2D eigenvalue weighted by Gasteiger charge is 2.36. The number of anilines is 1. The second kappa shape index (κ2) is 5.99. The van der Waals surface area contributed by atoms with Crippen molar-refractivity contribution in [3.8, 4) is 5.75 Å². The molecule has 0 N–H and O–H groups in total. The van der Waals surface area contributed by atoms with E-state index in [9.17, 15) is 4.39 Å². The van der Waals surface area contributed by atoms with Gasteiger partial charge < -0.3 is 9.64 Å². The quantitative estimate of drug-likeness (QED) is 0.805. The van der Waals surface area contributed by atoms with Crippen LogP contribution in [0.3, 0.4) is 0 Å². The molecule has 1 aliphatic rings. The van der Waals surface area contributed by atoms with Crippen molar-refractivity contribution in [2.45, 2.75) is 38.8 Å². The SMILES string of the molecule is CCC1(CC)CN(Cc2ccc(F)cc2)c2ccccc2O1. The molecule has 1 aliphatic heterocycles. The van der Waals surface area contributed by atoms with Gasteiger partial charge in [-0.25, -0.2) is 4.39 Å². The van der Waals surface area contributed by atoms with E-state index in [-0.39, 0.29) is 11.4 Å². The van der Waals surface area contributed by atoms with E-state index >= 15 is 0 Å². The topological polar surface area (TPSA) is 12.5 Å². The third-order valence-electron chi connectivity index (χ3n) is 4.59. The van der Waals surface area contributed by atoms with Crippen LogP contribution < -0.4 is 9.64 Å². The van der Waals surface area contributed by atoms with Gasteiger partial charge in [0, 0.05) is 6.54 Å². The molecule has 3 heteroatoms. The van der Waals surface area contributed by atoms with Gasteiger partial charge in [-0.3, -0.25) is 0 Å². The van der Waals surface area contributed by atoms with Gasteiger partial charge in [-0.05, 0) is 42.7 Å². The summed E-state index contributed by atoms with van der Waals surface area (Å²) in [6.45, 7) is 5.97. The summed E-state index contributed by atoms with van der Waals surface area (Å²) in [5, 5.41) is 0. The Labute approximate surface area is 131 Å². The van der Waals surface area contributed by atoms with Crippen LogP contribution in [0.2, 0.25) is 0 Å². The summed E-state index contributed by atoms with van der Waals surface area (Å²) in [5.41, 5.74) is 2.08. The van der Waals surface area contributed by atoms with Gasteiger partial charge in [-0.2, -0.15) is 0 Å². The number of benzene rings is 2. The normalized spacial score (nSPS) is 16.0. The van der Waals surface area contributed by atoms with Crippen LogP contribution >= 0.6 is 0 Å². The molecule has 3 rings (SSSR count). The van der Waals surface area contributed by atoms with Crippen molar-refractivity contribution in [2.75, 3.05) is 11.4 Å². The fourth-order valence-corrected chi connectivity index (χ4v) is 3.07. The number of halogens is 1. The molecule has 0 amide bonds. The lowest BCUT2D eigenvalue weighted by Crippen LogP contribution is -2.50. The number of para-hydroxylation sites is 2. The number of hydrogen-bond donors (Lipinski definition) is 0. The lowest BCUT2D eigenvalue weighted by atomic mass is 9.93. The second-order valence-electron chi connectivity index (χ2n) is 5.94. The number of hydrogen-bond acceptors (Lipinski definition) is 2. The van der Waals surface area contributed by atoms with Crippen LogP contribution in [0, 0.1) is 5.82 Å². The molecule has 0 aliphatic carbocycles. The second-order valence-corrected chi connectivity index (χ2v) is 5.94. The molecular formula is C19H22FNO. The zero-order valence-corrected chi connectivity index (χ0v) is 13.2. The molecule has 2 nitrogen and oxygen atoms in total. The predicted molar refractivity (Wildman–Crippen MR) is 87.8 cm³/mol. The first-order valence-corrected chi connectivity index (χ1v) is 7.93. The highest BCUT2D eigenvalue weighted by molar-refractivity contribution is 5.61. The minimum absolute atomic E-state index is 0.144. The maximum absolute atomic E-state index is 13.1. The molecule has 0 unspecified atom stereocenters. The predicted octanol–water partition coefficient (Wildman–Crippen LogP) is 4.78. The van der Waals surface area contributed by atoms with E-state index in [1.54, 1.807) is 0 Å². The minimum atomic E-state index is -0.192. The van der Waals surface area contributed by atoms with Crippen LogP contribution in [0.15, 0.2) is 48.5 Å². The first-order valence-electron chi connectivity index (χ1n) is 7.93. The standard InChI is InChI=1S/C19H22FNO/c1-3-19(4-2)14-21(13-15-9-11-16(20)12-10-15)17-7-5-6-8-18(17)22-19/h5-12H,3-4,13-14H2,1-2H3. The molecule has 2 aromatic rings. The molecule has 0 bridgehead atoms. The number of fused-ring (bicyclic) bond motifs is 1. The molecule has 0 spiro atoms. The van der Waals surface area contributed by atoms with E-state index in [1.165, 1.54) is 12.1 Å². The average molecular weight is 299 g/mol. The van der Waals surface area contributed by atoms with E-state index in [0.29, 0.717) is 0 Å². The summed E-state index contributed by atoms with van der Waals surface area (Å²) in [7, 11) is 0. The average Bonchev–Trinajstić information content (AvgIpc) is 2.56. The summed E-state index contributed by atoms with van der Waals surface area (Å²) in [4.78, 5) is 2.35. The van der Waals surface area contributed by atoms with E-state index < -0.39 is 0 Å². The third-order valence-corrected chi connectivity index (χ3v) is 4.59. The summed E-state index contributed by atoms with van der Waals surface area (Å²) >= 11 is 0. The van der Waals surface area contributed by atoms with E-state index in [0.717, 1.165) is 42.9 Å². The summed E-state index contributed by atoms with van der Waals surface area (Å²) in [6.07, 6.45) is 1.94. The fraction of sp³-hybridized carbons (Fsp3) is 0.368. The van der Waals surface area contributed by atoms with Gasteiger partial charge in [0.1, 0.15) is 17.2 Å². The van der Waals surface area contributed by atoms with Crippen molar-refractivity contribution < 1.29 is 9.13 Å². The largest absolute Gasteiger partial charge is 0.483 e. The van der Waals surface area contributed by atoms with Crippen molar-refractivity contribution in [3.63, 3.8) is 0 Å². The summed E-state index contributed by atoms with van der Waals surface area (Å²) in [5.74, 6) is 0.752. The molecule has 116 valence electrons. The Hall–Kier alpha value is -2.03. The summed E-state index contributed by atoms with van der Waals surface area (Å²) < 4.78 is 19.4. The Morgan fingerprint density at radius 1 is 1.05 bits per heavy atom. The van der Waals surface area contributed by atoms with Gasteiger partial charge in [0.15, 0.2) is 0 Å². The first-order chi connectivity index (χ1) is 10.7. The van der Waals surface area contributed by atoms with Gasteiger partial charge in [0.25, 0.3) is 0 Å². The molecule has 1 heterocycles. The third kappa shape index (κ3) is 2.80. The van der Waals surface area contributed by atoms with E-state index in [1.807, 2.05) is 30.3 Å². The van der Waals surface area contributed by atoms with Crippen molar-refractivity contribution >= 4 is 5.69 Å². The maximum Gasteiger partial charge on any atom is 0.143 e. The van der Waals surface area contributed by atoms with Crippen LogP contribution in [-0.2, 0) is 6.54 Å². The molecule has 0 fully saturated rings. The lowest BCUT2D eigenvalue weighted by molar-refractivity contribution is 0.0570. The molecule has 0 radical (unpaired) electrons. The highest BCUT2D eigenvalue weighted by Crippen LogP contribution is 2.40. The van der Waals surface area contributed by atoms with Crippen molar-refractivity contribution in [2.24, 2.45) is 0 Å². The molecule has 2 aromatic carbocycles. The zero-order valence-electron chi connectivity index (χ0n) is 13.2. The van der Waals surface area contributed by atoms with Crippen LogP contribution in [0.5, 0.6) is 5.75 Å². The molecule has 22 heavy (non-hydrogen) atoms. The highest BCUT2D eigenvalue weighted by atomic mass is 19.1. The van der Waals surface area contributed by atoms with Crippen LogP contribution in [0.1, 0.15) is 32.3 Å². The molecule has 0 aromatic heterocycles. The Balaban J connectivity index is 1.93. The van der Waals surface area contributed by atoms with Gasteiger partial charge in [-0.15, -0.1) is 0 Å². The van der Waals surface area contributed by atoms with Crippen molar-refractivity contribution in [1.82, 2.24) is 0 Å². The van der Waals surface area contributed by atoms with E-state index in [2.05, 4.69) is 24.8 Å². The fourth-order valence-electron chi connectivity index (χ4n) is 3.07. The zero-order chi connectivity index (χ0) is 15.6. The molecule has 0 saturated heterocycles. The Bertz CT molecular complexity index is 634.